The Bertz CT molecular complexity index is 872. The number of aromatic nitrogens is 4. The van der Waals surface area contributed by atoms with Crippen molar-refractivity contribution in [2.75, 3.05) is 25.0 Å². The molecule has 25 heavy (non-hydrogen) atoms. The lowest BCUT2D eigenvalue weighted by molar-refractivity contribution is -0.117. The Morgan fingerprint density at radius 3 is 2.96 bits per heavy atom. The summed E-state index contributed by atoms with van der Waals surface area (Å²) in [5.41, 5.74) is 1.42. The Kier molecular flexibility index (Phi) is 4.41. The minimum atomic E-state index is -0.305. The molecule has 0 atom stereocenters. The van der Waals surface area contributed by atoms with Crippen LogP contribution in [0.3, 0.4) is 0 Å². The van der Waals surface area contributed by atoms with Crippen molar-refractivity contribution < 1.29 is 9.18 Å². The third-order valence-corrected chi connectivity index (χ3v) is 5.07. The topological polar surface area (TPSA) is 75.9 Å². The van der Waals surface area contributed by atoms with Crippen molar-refractivity contribution >= 4 is 33.4 Å². The molecule has 1 fully saturated rings. The van der Waals surface area contributed by atoms with Crippen LogP contribution in [-0.2, 0) is 4.79 Å². The summed E-state index contributed by atoms with van der Waals surface area (Å²) in [4.78, 5) is 18.2. The number of halogens is 1. The second-order valence-electron chi connectivity index (χ2n) is 6.06. The van der Waals surface area contributed by atoms with Crippen LogP contribution in [0.1, 0.15) is 18.9 Å². The zero-order chi connectivity index (χ0) is 17.2. The van der Waals surface area contributed by atoms with Crippen molar-refractivity contribution in [3.63, 3.8) is 0 Å². The lowest BCUT2D eigenvalue weighted by Crippen LogP contribution is -2.39. The van der Waals surface area contributed by atoms with Crippen molar-refractivity contribution in [2.24, 2.45) is 0 Å². The number of piperidine rings is 1. The number of hydrogen-bond acceptors (Lipinski definition) is 6. The average Bonchev–Trinajstić information content (AvgIpc) is 3.24. The van der Waals surface area contributed by atoms with Crippen molar-refractivity contribution in [3.8, 4) is 0 Å². The van der Waals surface area contributed by atoms with Gasteiger partial charge in [-0.1, -0.05) is 5.21 Å². The summed E-state index contributed by atoms with van der Waals surface area (Å²) < 4.78 is 15.1. The predicted octanol–water partition coefficient (Wildman–Crippen LogP) is 2.30. The molecule has 0 radical (unpaired) electrons. The van der Waals surface area contributed by atoms with E-state index in [-0.39, 0.29) is 17.8 Å². The average molecular weight is 360 g/mol. The number of thiazole rings is 1. The van der Waals surface area contributed by atoms with Gasteiger partial charge in [0.05, 0.1) is 18.1 Å². The standard InChI is InChI=1S/C16H17FN6OS/c17-11-1-2-14-13(9-11)20-21-23(14)12-3-6-22(7-4-12)10-15(24)19-16-18-5-8-25-16/h1-2,5,8-9,12H,3-4,6-7,10H2,(H,18,19,24). The molecule has 1 aliphatic heterocycles. The molecule has 2 aromatic heterocycles. The van der Waals surface area contributed by atoms with E-state index in [1.807, 2.05) is 10.1 Å². The highest BCUT2D eigenvalue weighted by Gasteiger charge is 2.24. The Morgan fingerprint density at radius 1 is 1.36 bits per heavy atom. The first kappa shape index (κ1) is 16.1. The molecule has 3 heterocycles. The SMILES string of the molecule is O=C(CN1CCC(n2nnc3cc(F)ccc32)CC1)Nc1nccs1. The molecule has 1 aliphatic rings. The molecule has 1 N–H and O–H groups in total. The van der Waals surface area contributed by atoms with E-state index < -0.39 is 0 Å². The lowest BCUT2D eigenvalue weighted by atomic mass is 10.0. The number of likely N-dealkylation sites (tertiary alicyclic amines) is 1. The summed E-state index contributed by atoms with van der Waals surface area (Å²) in [6, 6.07) is 4.77. The number of amides is 1. The maximum Gasteiger partial charge on any atom is 0.240 e. The zero-order valence-electron chi connectivity index (χ0n) is 13.4. The first-order valence-electron chi connectivity index (χ1n) is 8.11. The summed E-state index contributed by atoms with van der Waals surface area (Å²) in [5, 5.41) is 13.5. The van der Waals surface area contributed by atoms with Crippen LogP contribution in [0.2, 0.25) is 0 Å². The Morgan fingerprint density at radius 2 is 2.20 bits per heavy atom. The van der Waals surface area contributed by atoms with Gasteiger partial charge in [0.25, 0.3) is 0 Å². The van der Waals surface area contributed by atoms with Crippen LogP contribution < -0.4 is 5.32 Å². The number of rotatable bonds is 4. The van der Waals surface area contributed by atoms with Gasteiger partial charge in [-0.05, 0) is 25.0 Å². The van der Waals surface area contributed by atoms with E-state index in [1.54, 1.807) is 12.3 Å². The van der Waals surface area contributed by atoms with Crippen LogP contribution in [0.15, 0.2) is 29.8 Å². The summed E-state index contributed by atoms with van der Waals surface area (Å²) in [7, 11) is 0. The highest BCUT2D eigenvalue weighted by atomic mass is 32.1. The second-order valence-corrected chi connectivity index (χ2v) is 6.95. The summed E-state index contributed by atoms with van der Waals surface area (Å²) in [6.45, 7) is 1.96. The van der Waals surface area contributed by atoms with Crippen molar-refractivity contribution in [3.05, 3.63) is 35.6 Å². The molecule has 130 valence electrons. The monoisotopic (exact) mass is 360 g/mol. The van der Waals surface area contributed by atoms with Crippen molar-refractivity contribution in [1.82, 2.24) is 24.9 Å². The number of benzene rings is 1. The van der Waals surface area contributed by atoms with Gasteiger partial charge in [-0.3, -0.25) is 9.69 Å². The maximum absolute atomic E-state index is 13.3. The van der Waals surface area contributed by atoms with Crippen LogP contribution in [-0.4, -0.2) is 50.4 Å². The normalized spacial score (nSPS) is 16.4. The molecule has 0 saturated carbocycles. The number of carbonyl (C=O) groups is 1. The fraction of sp³-hybridized carbons (Fsp3) is 0.375. The van der Waals surface area contributed by atoms with Gasteiger partial charge in [0.2, 0.25) is 5.91 Å². The highest BCUT2D eigenvalue weighted by molar-refractivity contribution is 7.13. The maximum atomic E-state index is 13.3. The van der Waals surface area contributed by atoms with E-state index in [2.05, 4.69) is 25.5 Å². The highest BCUT2D eigenvalue weighted by Crippen LogP contribution is 2.25. The number of carbonyl (C=O) groups excluding carboxylic acids is 1. The Balaban J connectivity index is 1.35. The van der Waals surface area contributed by atoms with Gasteiger partial charge in [0.1, 0.15) is 11.3 Å². The van der Waals surface area contributed by atoms with E-state index >= 15 is 0 Å². The van der Waals surface area contributed by atoms with E-state index in [1.165, 1.54) is 23.5 Å². The number of nitrogens with one attached hydrogen (secondary N) is 1. The van der Waals surface area contributed by atoms with Gasteiger partial charge < -0.3 is 5.32 Å². The molecular weight excluding hydrogens is 343 g/mol. The Hall–Kier alpha value is -2.39. The molecule has 0 unspecified atom stereocenters. The molecule has 0 bridgehead atoms. The molecular formula is C16H17FN6OS. The third-order valence-electron chi connectivity index (χ3n) is 4.38. The molecule has 9 heteroatoms. The minimum Gasteiger partial charge on any atom is -0.301 e. The van der Waals surface area contributed by atoms with Crippen LogP contribution >= 0.6 is 11.3 Å². The zero-order valence-corrected chi connectivity index (χ0v) is 14.2. The summed E-state index contributed by atoms with van der Waals surface area (Å²) in [6.07, 6.45) is 3.42. The van der Waals surface area contributed by atoms with Crippen LogP contribution in [0.4, 0.5) is 9.52 Å². The minimum absolute atomic E-state index is 0.0462. The Labute approximate surface area is 147 Å². The van der Waals surface area contributed by atoms with E-state index in [0.717, 1.165) is 31.4 Å². The molecule has 1 saturated heterocycles. The van der Waals surface area contributed by atoms with Crippen molar-refractivity contribution in [1.29, 1.82) is 0 Å². The smallest absolute Gasteiger partial charge is 0.240 e. The molecule has 4 rings (SSSR count). The first-order valence-corrected chi connectivity index (χ1v) is 8.99. The van der Waals surface area contributed by atoms with Crippen LogP contribution in [0.25, 0.3) is 11.0 Å². The van der Waals surface area contributed by atoms with E-state index in [4.69, 9.17) is 0 Å². The molecule has 0 aliphatic carbocycles. The fourth-order valence-corrected chi connectivity index (χ4v) is 3.70. The van der Waals surface area contributed by atoms with Gasteiger partial charge in [-0.25, -0.2) is 14.1 Å². The molecule has 1 amide bonds. The van der Waals surface area contributed by atoms with Gasteiger partial charge in [0, 0.05) is 30.7 Å². The van der Waals surface area contributed by atoms with Gasteiger partial charge in [-0.15, -0.1) is 16.4 Å². The second kappa shape index (κ2) is 6.85. The van der Waals surface area contributed by atoms with Gasteiger partial charge in [0.15, 0.2) is 5.13 Å². The largest absolute Gasteiger partial charge is 0.301 e. The van der Waals surface area contributed by atoms with Crippen LogP contribution in [0, 0.1) is 5.82 Å². The molecule has 1 aromatic carbocycles. The summed E-state index contributed by atoms with van der Waals surface area (Å²) in [5.74, 6) is -0.351. The first-order chi connectivity index (χ1) is 12.2. The van der Waals surface area contributed by atoms with E-state index in [9.17, 15) is 9.18 Å². The van der Waals surface area contributed by atoms with Gasteiger partial charge >= 0.3 is 0 Å². The molecule has 3 aromatic rings. The lowest BCUT2D eigenvalue weighted by Gasteiger charge is -2.31. The number of fused-ring (bicyclic) bond motifs is 1. The fourth-order valence-electron chi connectivity index (χ4n) is 3.15. The molecule has 7 nitrogen and oxygen atoms in total. The van der Waals surface area contributed by atoms with Crippen LogP contribution in [0.5, 0.6) is 0 Å². The number of anilines is 1. The van der Waals surface area contributed by atoms with Gasteiger partial charge in [-0.2, -0.15) is 0 Å². The number of hydrogen-bond donors (Lipinski definition) is 1. The molecule has 0 spiro atoms. The quantitative estimate of drug-likeness (QED) is 0.773. The third kappa shape index (κ3) is 3.52. The predicted molar refractivity (Wildman–Crippen MR) is 92.9 cm³/mol. The summed E-state index contributed by atoms with van der Waals surface area (Å²) >= 11 is 1.41. The number of nitrogens with zero attached hydrogens (tertiary/aromatic N) is 5. The van der Waals surface area contributed by atoms with E-state index in [0.29, 0.717) is 17.2 Å². The van der Waals surface area contributed by atoms with Crippen molar-refractivity contribution in [2.45, 2.75) is 18.9 Å².